The van der Waals surface area contributed by atoms with Gasteiger partial charge in [-0.1, -0.05) is 35.9 Å². The lowest BCUT2D eigenvalue weighted by Crippen LogP contribution is -2.31. The molecular weight excluding hydrogens is 354 g/mol. The molecule has 0 atom stereocenters. The molecule has 0 radical (unpaired) electrons. The highest BCUT2D eigenvalue weighted by Gasteiger charge is 2.26. The molecule has 27 heavy (non-hydrogen) atoms. The lowest BCUT2D eigenvalue weighted by Gasteiger charge is -2.21. The fraction of sp³-hybridized carbons (Fsp3) is 0.0909. The number of anilines is 3. The number of amides is 1. The number of rotatable bonds is 3. The molecule has 1 N–H and O–H groups in total. The van der Waals surface area contributed by atoms with E-state index in [9.17, 15) is 4.79 Å². The first-order valence-electron chi connectivity index (χ1n) is 8.57. The van der Waals surface area contributed by atoms with Crippen molar-refractivity contribution in [2.75, 3.05) is 16.8 Å². The Balaban J connectivity index is 1.77. The van der Waals surface area contributed by atoms with Crippen LogP contribution >= 0.6 is 11.8 Å². The molecule has 1 aliphatic heterocycles. The van der Waals surface area contributed by atoms with Crippen LogP contribution in [0.2, 0.25) is 0 Å². The van der Waals surface area contributed by atoms with Crippen LogP contribution in [0, 0.1) is 11.8 Å². The fourth-order valence-corrected chi connectivity index (χ4v) is 4.02. The molecule has 1 aliphatic rings. The van der Waals surface area contributed by atoms with E-state index >= 15 is 0 Å². The van der Waals surface area contributed by atoms with Crippen molar-refractivity contribution < 1.29 is 4.79 Å². The third-order valence-electron chi connectivity index (χ3n) is 4.18. The van der Waals surface area contributed by atoms with Gasteiger partial charge in [0.25, 0.3) is 5.91 Å². The van der Waals surface area contributed by atoms with Crippen LogP contribution in [0.1, 0.15) is 17.3 Å². The topological polar surface area (TPSA) is 45.2 Å². The summed E-state index contributed by atoms with van der Waals surface area (Å²) in [5, 5.41) is 3.31. The number of fused-ring (bicyclic) bond motifs is 2. The minimum absolute atomic E-state index is 0.0231. The Hall–Kier alpha value is -3.23. The molecule has 0 unspecified atom stereocenters. The molecule has 0 aliphatic carbocycles. The van der Waals surface area contributed by atoms with Gasteiger partial charge in [-0.15, -0.1) is 5.92 Å². The maximum absolute atomic E-state index is 13.1. The summed E-state index contributed by atoms with van der Waals surface area (Å²) in [6.45, 7) is 2.15. The van der Waals surface area contributed by atoms with E-state index in [0.29, 0.717) is 12.1 Å². The van der Waals surface area contributed by atoms with Crippen LogP contribution in [0.4, 0.5) is 17.2 Å². The first-order valence-corrected chi connectivity index (χ1v) is 9.38. The number of hydrogen-bond donors (Lipinski definition) is 1. The Labute approximate surface area is 162 Å². The number of hydrogen-bond acceptors (Lipinski definition) is 4. The van der Waals surface area contributed by atoms with Crippen LogP contribution in [0.15, 0.2) is 76.7 Å². The third kappa shape index (κ3) is 3.53. The lowest BCUT2D eigenvalue weighted by molar-refractivity contribution is 0.0987. The minimum Gasteiger partial charge on any atom is -0.340 e. The Morgan fingerprint density at radius 3 is 2.74 bits per heavy atom. The highest BCUT2D eigenvalue weighted by molar-refractivity contribution is 7.99. The first kappa shape index (κ1) is 17.2. The number of aromatic nitrogens is 1. The molecule has 2 heterocycles. The maximum atomic E-state index is 13.1. The molecule has 4 nitrogen and oxygen atoms in total. The van der Waals surface area contributed by atoms with Crippen molar-refractivity contribution >= 4 is 34.9 Å². The van der Waals surface area contributed by atoms with Crippen molar-refractivity contribution in [1.82, 2.24) is 4.98 Å². The molecule has 2 aromatic carbocycles. The quantitative estimate of drug-likeness (QED) is 0.661. The van der Waals surface area contributed by atoms with Gasteiger partial charge >= 0.3 is 0 Å². The van der Waals surface area contributed by atoms with Gasteiger partial charge in [-0.05, 0) is 49.4 Å². The van der Waals surface area contributed by atoms with Gasteiger partial charge in [-0.2, -0.15) is 0 Å². The number of nitrogens with one attached hydrogen (secondary N) is 1. The number of benzene rings is 2. The monoisotopic (exact) mass is 371 g/mol. The van der Waals surface area contributed by atoms with E-state index in [-0.39, 0.29) is 5.91 Å². The van der Waals surface area contributed by atoms with Crippen LogP contribution in [-0.2, 0) is 0 Å². The third-order valence-corrected chi connectivity index (χ3v) is 5.31. The van der Waals surface area contributed by atoms with Gasteiger partial charge in [0.05, 0.1) is 17.8 Å². The predicted molar refractivity (Wildman–Crippen MR) is 110 cm³/mol. The molecule has 0 bridgehead atoms. The maximum Gasteiger partial charge on any atom is 0.260 e. The smallest absolute Gasteiger partial charge is 0.260 e. The van der Waals surface area contributed by atoms with E-state index in [1.165, 1.54) is 0 Å². The summed E-state index contributed by atoms with van der Waals surface area (Å²) in [6.07, 6.45) is 1.75. The molecule has 1 amide bonds. The number of pyridine rings is 1. The van der Waals surface area contributed by atoms with Gasteiger partial charge < -0.3 is 5.32 Å². The van der Waals surface area contributed by atoms with Crippen molar-refractivity contribution in [3.63, 3.8) is 0 Å². The van der Waals surface area contributed by atoms with Crippen LogP contribution in [0.5, 0.6) is 0 Å². The van der Waals surface area contributed by atoms with Crippen LogP contribution < -0.4 is 10.2 Å². The summed E-state index contributed by atoms with van der Waals surface area (Å²) >= 11 is 1.60. The van der Waals surface area contributed by atoms with Crippen molar-refractivity contribution in [1.29, 1.82) is 0 Å². The molecule has 0 saturated heterocycles. The van der Waals surface area contributed by atoms with Crippen LogP contribution in [0.25, 0.3) is 0 Å². The molecule has 0 saturated carbocycles. The Morgan fingerprint density at radius 2 is 1.93 bits per heavy atom. The summed E-state index contributed by atoms with van der Waals surface area (Å²) in [7, 11) is 0. The van der Waals surface area contributed by atoms with Gasteiger partial charge in [0.1, 0.15) is 5.82 Å². The second kappa shape index (κ2) is 7.56. The molecule has 0 fully saturated rings. The Kier molecular flexibility index (Phi) is 4.82. The Bertz CT molecular complexity index is 1050. The SMILES string of the molecule is CC#CCN1C(=O)c2ccccc2Sc2cc(Nc3ccccn3)ccc21. The molecule has 3 aromatic rings. The largest absolute Gasteiger partial charge is 0.340 e. The summed E-state index contributed by atoms with van der Waals surface area (Å²) in [4.78, 5) is 21.1. The van der Waals surface area contributed by atoms with Gasteiger partial charge in [-0.25, -0.2) is 4.98 Å². The molecule has 132 valence electrons. The van der Waals surface area contributed by atoms with Crippen LogP contribution in [0.3, 0.4) is 0 Å². The van der Waals surface area contributed by atoms with Crippen molar-refractivity contribution in [3.05, 3.63) is 72.4 Å². The minimum atomic E-state index is -0.0231. The van der Waals surface area contributed by atoms with Crippen molar-refractivity contribution in [3.8, 4) is 11.8 Å². The molecule has 5 heteroatoms. The first-order chi connectivity index (χ1) is 13.3. The standard InChI is InChI=1S/C22H17N3OS/c1-2-3-14-25-18-12-11-16(24-21-10-6-7-13-23-21)15-20(18)27-19-9-5-4-8-17(19)22(25)26/h4-13,15H,14H2,1H3,(H,23,24). The van der Waals surface area contributed by atoms with Gasteiger partial charge in [0, 0.05) is 21.7 Å². The van der Waals surface area contributed by atoms with E-state index in [2.05, 4.69) is 28.2 Å². The van der Waals surface area contributed by atoms with E-state index in [1.54, 1.807) is 29.8 Å². The number of carbonyl (C=O) groups excluding carboxylic acids is 1. The average Bonchev–Trinajstić information content (AvgIpc) is 2.81. The normalized spacial score (nSPS) is 12.3. The van der Waals surface area contributed by atoms with Crippen molar-refractivity contribution in [2.24, 2.45) is 0 Å². The van der Waals surface area contributed by atoms with Gasteiger partial charge in [-0.3, -0.25) is 9.69 Å². The molecular formula is C22H17N3OS. The highest BCUT2D eigenvalue weighted by atomic mass is 32.2. The van der Waals surface area contributed by atoms with Gasteiger partial charge in [0.2, 0.25) is 0 Å². The molecule has 4 rings (SSSR count). The fourth-order valence-electron chi connectivity index (χ4n) is 2.90. The second-order valence-electron chi connectivity index (χ2n) is 5.94. The van der Waals surface area contributed by atoms with Crippen molar-refractivity contribution in [2.45, 2.75) is 16.7 Å². The Morgan fingerprint density at radius 1 is 1.07 bits per heavy atom. The molecule has 1 aromatic heterocycles. The summed E-state index contributed by atoms with van der Waals surface area (Å²) < 4.78 is 0. The average molecular weight is 371 g/mol. The van der Waals surface area contributed by atoms with E-state index in [4.69, 9.17) is 0 Å². The van der Waals surface area contributed by atoms with E-state index < -0.39 is 0 Å². The summed E-state index contributed by atoms with van der Waals surface area (Å²) in [5.74, 6) is 6.66. The van der Waals surface area contributed by atoms with E-state index in [1.807, 2.05) is 54.6 Å². The summed E-state index contributed by atoms with van der Waals surface area (Å²) in [6, 6.07) is 19.4. The van der Waals surface area contributed by atoms with E-state index in [0.717, 1.165) is 27.0 Å². The van der Waals surface area contributed by atoms with Gasteiger partial charge in [0.15, 0.2) is 0 Å². The predicted octanol–water partition coefficient (Wildman–Crippen LogP) is 4.96. The zero-order chi connectivity index (χ0) is 18.6. The molecule has 0 spiro atoms. The number of carbonyl (C=O) groups is 1. The van der Waals surface area contributed by atoms with Crippen LogP contribution in [-0.4, -0.2) is 17.4 Å². The number of nitrogens with zero attached hydrogens (tertiary/aromatic N) is 2. The zero-order valence-electron chi connectivity index (χ0n) is 14.8. The zero-order valence-corrected chi connectivity index (χ0v) is 15.6. The summed E-state index contributed by atoms with van der Waals surface area (Å²) in [5.41, 5.74) is 2.50. The highest BCUT2D eigenvalue weighted by Crippen LogP contribution is 2.42. The lowest BCUT2D eigenvalue weighted by atomic mass is 10.1. The second-order valence-corrected chi connectivity index (χ2v) is 7.02.